The molecule has 0 spiro atoms. The van der Waals surface area contributed by atoms with Gasteiger partial charge in [-0.05, 0) is 34.7 Å². The number of hydrogen-bond donors (Lipinski definition) is 0. The summed E-state index contributed by atoms with van der Waals surface area (Å²) >= 11 is 0. The molecular weight excluding hydrogens is 308 g/mol. The average Bonchev–Trinajstić information content (AvgIpc) is 2.63. The molecule has 2 aliphatic heterocycles. The molecule has 3 nitrogen and oxygen atoms in total. The van der Waals surface area contributed by atoms with Crippen molar-refractivity contribution in [1.82, 2.24) is 9.47 Å². The summed E-state index contributed by atoms with van der Waals surface area (Å²) in [6, 6.07) is 21.0. The van der Waals surface area contributed by atoms with Gasteiger partial charge in [-0.1, -0.05) is 48.5 Å². The highest BCUT2D eigenvalue weighted by Gasteiger charge is 2.34. The highest BCUT2D eigenvalue weighted by molar-refractivity contribution is 5.85. The van der Waals surface area contributed by atoms with E-state index in [2.05, 4.69) is 53.4 Å². The van der Waals surface area contributed by atoms with Gasteiger partial charge in [0, 0.05) is 43.9 Å². The average molecular weight is 330 g/mol. The third kappa shape index (κ3) is 2.59. The van der Waals surface area contributed by atoms with Crippen molar-refractivity contribution in [1.29, 1.82) is 0 Å². The lowest BCUT2D eigenvalue weighted by atomic mass is 9.83. The molecule has 3 heterocycles. The van der Waals surface area contributed by atoms with E-state index in [0.717, 1.165) is 26.2 Å². The first-order valence-electron chi connectivity index (χ1n) is 9.17. The van der Waals surface area contributed by atoms with Gasteiger partial charge in [0.15, 0.2) is 0 Å². The van der Waals surface area contributed by atoms with Gasteiger partial charge in [-0.2, -0.15) is 0 Å². The molecule has 0 saturated carbocycles. The highest BCUT2D eigenvalue weighted by Crippen LogP contribution is 2.35. The Balaban J connectivity index is 1.45. The number of pyridine rings is 1. The van der Waals surface area contributed by atoms with Gasteiger partial charge >= 0.3 is 0 Å². The minimum Gasteiger partial charge on any atom is -0.312 e. The van der Waals surface area contributed by atoms with Crippen molar-refractivity contribution in [2.24, 2.45) is 5.92 Å². The zero-order chi connectivity index (χ0) is 16.8. The summed E-state index contributed by atoms with van der Waals surface area (Å²) in [5, 5.41) is 2.67. The van der Waals surface area contributed by atoms with E-state index in [9.17, 15) is 4.79 Å². The number of fused-ring (bicyclic) bond motifs is 5. The first kappa shape index (κ1) is 14.9. The Hall–Kier alpha value is -2.39. The molecule has 126 valence electrons. The van der Waals surface area contributed by atoms with Crippen LogP contribution in [-0.2, 0) is 13.1 Å². The molecule has 2 aromatic carbocycles. The van der Waals surface area contributed by atoms with Crippen LogP contribution in [0.2, 0.25) is 0 Å². The zero-order valence-corrected chi connectivity index (χ0v) is 14.3. The van der Waals surface area contributed by atoms with Crippen molar-refractivity contribution in [3.05, 3.63) is 82.3 Å². The van der Waals surface area contributed by atoms with Crippen LogP contribution in [0.1, 0.15) is 23.6 Å². The Morgan fingerprint density at radius 2 is 1.72 bits per heavy atom. The van der Waals surface area contributed by atoms with E-state index in [4.69, 9.17) is 0 Å². The first-order valence-corrected chi connectivity index (χ1v) is 9.17. The maximum Gasteiger partial charge on any atom is 0.250 e. The highest BCUT2D eigenvalue weighted by atomic mass is 16.1. The Morgan fingerprint density at radius 1 is 0.880 bits per heavy atom. The molecule has 0 N–H and O–H groups in total. The van der Waals surface area contributed by atoms with Gasteiger partial charge in [-0.3, -0.25) is 9.69 Å². The summed E-state index contributed by atoms with van der Waals surface area (Å²) in [5.41, 5.74) is 2.80. The zero-order valence-electron chi connectivity index (χ0n) is 14.3. The second-order valence-corrected chi connectivity index (χ2v) is 7.53. The fourth-order valence-corrected chi connectivity index (χ4v) is 4.80. The molecule has 2 atom stereocenters. The molecule has 3 aromatic rings. The molecule has 1 aromatic heterocycles. The number of aromatic nitrogens is 1. The van der Waals surface area contributed by atoms with Crippen LogP contribution in [0.5, 0.6) is 0 Å². The summed E-state index contributed by atoms with van der Waals surface area (Å²) in [5.74, 6) is 1.07. The molecule has 1 fully saturated rings. The molecule has 2 aliphatic rings. The quantitative estimate of drug-likeness (QED) is 0.717. The van der Waals surface area contributed by atoms with Gasteiger partial charge < -0.3 is 4.57 Å². The molecule has 0 aliphatic carbocycles. The molecule has 3 heteroatoms. The second kappa shape index (κ2) is 5.85. The molecule has 2 bridgehead atoms. The SMILES string of the molecule is O=c1cccc2n1C[C@@H]1C[C@@H]2CN(Cc2cccc3ccccc23)C1. The van der Waals surface area contributed by atoms with Crippen LogP contribution in [0.25, 0.3) is 10.8 Å². The van der Waals surface area contributed by atoms with Crippen molar-refractivity contribution in [2.75, 3.05) is 13.1 Å². The van der Waals surface area contributed by atoms with Gasteiger partial charge in [0.2, 0.25) is 0 Å². The Bertz CT molecular complexity index is 985. The number of likely N-dealkylation sites (tertiary alicyclic amines) is 1. The molecule has 0 radical (unpaired) electrons. The molecule has 0 amide bonds. The molecule has 0 unspecified atom stereocenters. The monoisotopic (exact) mass is 330 g/mol. The molecule has 1 saturated heterocycles. The largest absolute Gasteiger partial charge is 0.312 e. The number of nitrogens with zero attached hydrogens (tertiary/aromatic N) is 2. The number of hydrogen-bond acceptors (Lipinski definition) is 2. The van der Waals surface area contributed by atoms with Crippen LogP contribution in [0.4, 0.5) is 0 Å². The third-order valence-corrected chi connectivity index (χ3v) is 5.83. The van der Waals surface area contributed by atoms with Crippen molar-refractivity contribution in [3.8, 4) is 0 Å². The smallest absolute Gasteiger partial charge is 0.250 e. The Kier molecular flexibility index (Phi) is 3.49. The predicted octanol–water partition coefficient (Wildman–Crippen LogP) is 3.62. The van der Waals surface area contributed by atoms with E-state index in [-0.39, 0.29) is 5.56 Å². The lowest BCUT2D eigenvalue weighted by Crippen LogP contribution is -2.46. The van der Waals surface area contributed by atoms with Crippen molar-refractivity contribution < 1.29 is 0 Å². The molecule has 25 heavy (non-hydrogen) atoms. The van der Waals surface area contributed by atoms with Crippen molar-refractivity contribution in [3.63, 3.8) is 0 Å². The molecule has 5 rings (SSSR count). The first-order chi connectivity index (χ1) is 12.3. The maximum absolute atomic E-state index is 12.2. The molecular formula is C22H22N2O. The third-order valence-electron chi connectivity index (χ3n) is 5.83. The number of benzene rings is 2. The van der Waals surface area contributed by atoms with Crippen molar-refractivity contribution >= 4 is 10.8 Å². The minimum absolute atomic E-state index is 0.162. The topological polar surface area (TPSA) is 25.2 Å². The standard InChI is InChI=1S/C22H22N2O/c25-22-10-4-9-21-19-11-16(13-24(21)22)12-23(15-19)14-18-7-3-6-17-5-1-2-8-20(17)18/h1-10,16,19H,11-15H2/t16-,19-/m1/s1. The lowest BCUT2D eigenvalue weighted by Gasteiger charge is -2.43. The van der Waals surface area contributed by atoms with E-state index in [1.807, 2.05) is 10.6 Å². The number of rotatable bonds is 2. The van der Waals surface area contributed by atoms with Crippen LogP contribution in [-0.4, -0.2) is 22.6 Å². The Labute approximate surface area is 147 Å². The van der Waals surface area contributed by atoms with Crippen LogP contribution in [0.15, 0.2) is 65.5 Å². The predicted molar refractivity (Wildman–Crippen MR) is 101 cm³/mol. The van der Waals surface area contributed by atoms with E-state index in [0.29, 0.717) is 11.8 Å². The van der Waals surface area contributed by atoms with E-state index in [1.165, 1.54) is 28.5 Å². The van der Waals surface area contributed by atoms with Crippen molar-refractivity contribution in [2.45, 2.75) is 25.4 Å². The summed E-state index contributed by atoms with van der Waals surface area (Å²) in [6.45, 7) is 3.99. The number of piperidine rings is 1. The summed E-state index contributed by atoms with van der Waals surface area (Å²) in [4.78, 5) is 14.7. The van der Waals surface area contributed by atoms with Gasteiger partial charge in [-0.25, -0.2) is 0 Å². The Morgan fingerprint density at radius 3 is 2.68 bits per heavy atom. The van der Waals surface area contributed by atoms with Gasteiger partial charge in [0.05, 0.1) is 0 Å². The van der Waals surface area contributed by atoms with E-state index >= 15 is 0 Å². The van der Waals surface area contributed by atoms with Crippen LogP contribution < -0.4 is 5.56 Å². The minimum atomic E-state index is 0.162. The maximum atomic E-state index is 12.2. The fraction of sp³-hybridized carbons (Fsp3) is 0.318. The van der Waals surface area contributed by atoms with E-state index < -0.39 is 0 Å². The summed E-state index contributed by atoms with van der Waals surface area (Å²) < 4.78 is 2.01. The van der Waals surface area contributed by atoms with Gasteiger partial charge in [-0.15, -0.1) is 0 Å². The normalized spacial score (nSPS) is 22.7. The van der Waals surface area contributed by atoms with Crippen LogP contribution >= 0.6 is 0 Å². The summed E-state index contributed by atoms with van der Waals surface area (Å²) in [7, 11) is 0. The van der Waals surface area contributed by atoms with Crippen LogP contribution in [0, 0.1) is 5.92 Å². The fourth-order valence-electron chi connectivity index (χ4n) is 4.80. The summed E-state index contributed by atoms with van der Waals surface area (Å²) in [6.07, 6.45) is 1.22. The van der Waals surface area contributed by atoms with Gasteiger partial charge in [0.1, 0.15) is 0 Å². The lowest BCUT2D eigenvalue weighted by molar-refractivity contribution is 0.115. The van der Waals surface area contributed by atoms with E-state index in [1.54, 1.807) is 6.07 Å². The van der Waals surface area contributed by atoms with Gasteiger partial charge in [0.25, 0.3) is 5.56 Å². The van der Waals surface area contributed by atoms with Crippen LogP contribution in [0.3, 0.4) is 0 Å². The second-order valence-electron chi connectivity index (χ2n) is 7.53.